The van der Waals surface area contributed by atoms with Crippen LogP contribution in [0, 0.1) is 5.41 Å². The predicted octanol–water partition coefficient (Wildman–Crippen LogP) is 4.07. The molecule has 5 rings (SSSR count). The standard InChI is InChI=1S/C24H22O3/c25-20-7-6-17-14-23(15-18(17)13-20)11-10-16-12-21(26)8-9-22(16)24(23,27)19-4-2-1-3-5-19/h1-9,12-13,25-27H,10-11,14-15H2/t23-,24+/m1/s1. The van der Waals surface area contributed by atoms with Gasteiger partial charge < -0.3 is 15.3 Å². The topological polar surface area (TPSA) is 60.7 Å². The summed E-state index contributed by atoms with van der Waals surface area (Å²) in [5.41, 5.74) is 3.57. The van der Waals surface area contributed by atoms with Crippen molar-refractivity contribution in [2.45, 2.75) is 31.3 Å². The average Bonchev–Trinajstić information content (AvgIpc) is 3.04. The van der Waals surface area contributed by atoms with E-state index in [1.54, 1.807) is 18.2 Å². The van der Waals surface area contributed by atoms with Crippen molar-refractivity contribution in [3.63, 3.8) is 0 Å². The normalized spacial score (nSPS) is 26.0. The second-order valence-corrected chi connectivity index (χ2v) is 8.00. The molecule has 3 N–H and O–H groups in total. The first-order valence-electron chi connectivity index (χ1n) is 9.43. The summed E-state index contributed by atoms with van der Waals surface area (Å²) in [5.74, 6) is 0.509. The predicted molar refractivity (Wildman–Crippen MR) is 104 cm³/mol. The van der Waals surface area contributed by atoms with Gasteiger partial charge in [-0.15, -0.1) is 0 Å². The van der Waals surface area contributed by atoms with Gasteiger partial charge in [0.1, 0.15) is 17.1 Å². The zero-order valence-electron chi connectivity index (χ0n) is 15.0. The SMILES string of the molecule is Oc1ccc2c(c1)C[C@@]1(CCc3cc(O)ccc3[C@@]1(O)c1ccccc1)C2. The van der Waals surface area contributed by atoms with E-state index >= 15 is 0 Å². The minimum atomic E-state index is -1.15. The zero-order valence-corrected chi connectivity index (χ0v) is 15.0. The van der Waals surface area contributed by atoms with E-state index in [1.807, 2.05) is 48.5 Å². The highest BCUT2D eigenvalue weighted by molar-refractivity contribution is 5.52. The molecule has 1 spiro atoms. The third-order valence-corrected chi connectivity index (χ3v) is 6.56. The lowest BCUT2D eigenvalue weighted by Gasteiger charge is -2.50. The molecule has 3 nitrogen and oxygen atoms in total. The average molecular weight is 358 g/mol. The highest BCUT2D eigenvalue weighted by Gasteiger charge is 2.57. The Labute approximate surface area is 158 Å². The van der Waals surface area contributed by atoms with Gasteiger partial charge in [0.2, 0.25) is 0 Å². The molecule has 3 heteroatoms. The highest BCUT2D eigenvalue weighted by Crippen LogP contribution is 2.58. The molecular formula is C24H22O3. The maximum Gasteiger partial charge on any atom is 0.121 e. The van der Waals surface area contributed by atoms with Gasteiger partial charge in [0.05, 0.1) is 0 Å². The summed E-state index contributed by atoms with van der Waals surface area (Å²) in [4.78, 5) is 0. The quantitative estimate of drug-likeness (QED) is 0.615. The molecule has 0 aromatic heterocycles. The lowest BCUT2D eigenvalue weighted by molar-refractivity contribution is -0.0661. The third kappa shape index (κ3) is 2.25. The van der Waals surface area contributed by atoms with Crippen molar-refractivity contribution in [2.75, 3.05) is 0 Å². The van der Waals surface area contributed by atoms with Crippen molar-refractivity contribution in [1.82, 2.24) is 0 Å². The molecule has 3 aromatic carbocycles. The van der Waals surface area contributed by atoms with Gasteiger partial charge in [-0.05, 0) is 77.8 Å². The summed E-state index contributed by atoms with van der Waals surface area (Å²) in [6.07, 6.45) is 3.14. The number of hydrogen-bond donors (Lipinski definition) is 3. The van der Waals surface area contributed by atoms with Crippen LogP contribution in [0.1, 0.15) is 34.2 Å². The van der Waals surface area contributed by atoms with Crippen LogP contribution in [-0.4, -0.2) is 15.3 Å². The van der Waals surface area contributed by atoms with Gasteiger partial charge in [0.25, 0.3) is 0 Å². The van der Waals surface area contributed by atoms with E-state index in [4.69, 9.17) is 0 Å². The van der Waals surface area contributed by atoms with E-state index in [-0.39, 0.29) is 16.9 Å². The van der Waals surface area contributed by atoms with E-state index in [2.05, 4.69) is 0 Å². The Morgan fingerprint density at radius 3 is 2.15 bits per heavy atom. The Balaban J connectivity index is 1.74. The van der Waals surface area contributed by atoms with Gasteiger partial charge in [0.15, 0.2) is 0 Å². The Kier molecular flexibility index (Phi) is 3.40. The fourth-order valence-corrected chi connectivity index (χ4v) is 5.30. The molecular weight excluding hydrogens is 336 g/mol. The number of rotatable bonds is 1. The van der Waals surface area contributed by atoms with Crippen molar-refractivity contribution in [2.24, 2.45) is 5.41 Å². The van der Waals surface area contributed by atoms with E-state index in [1.165, 1.54) is 5.56 Å². The molecule has 0 radical (unpaired) electrons. The Morgan fingerprint density at radius 1 is 0.704 bits per heavy atom. The largest absolute Gasteiger partial charge is 0.508 e. The number of aliphatic hydroxyl groups is 1. The maximum absolute atomic E-state index is 12.3. The second kappa shape index (κ2) is 5.61. The minimum Gasteiger partial charge on any atom is -0.508 e. The molecule has 0 heterocycles. The lowest BCUT2D eigenvalue weighted by atomic mass is 9.57. The van der Waals surface area contributed by atoms with Crippen LogP contribution in [0.4, 0.5) is 0 Å². The van der Waals surface area contributed by atoms with Gasteiger partial charge in [-0.25, -0.2) is 0 Å². The van der Waals surface area contributed by atoms with Crippen molar-refractivity contribution < 1.29 is 15.3 Å². The van der Waals surface area contributed by atoms with Crippen LogP contribution < -0.4 is 0 Å². The summed E-state index contributed by atoms with van der Waals surface area (Å²) in [7, 11) is 0. The van der Waals surface area contributed by atoms with Crippen molar-refractivity contribution in [3.05, 3.63) is 94.5 Å². The number of fused-ring (bicyclic) bond motifs is 2. The Bertz CT molecular complexity index is 1030. The Hall–Kier alpha value is -2.78. The monoisotopic (exact) mass is 358 g/mol. The first kappa shape index (κ1) is 16.4. The van der Waals surface area contributed by atoms with Crippen LogP contribution in [0.2, 0.25) is 0 Å². The van der Waals surface area contributed by atoms with Gasteiger partial charge in [-0.2, -0.15) is 0 Å². The number of aryl methyl sites for hydroxylation is 1. The van der Waals surface area contributed by atoms with E-state index in [9.17, 15) is 15.3 Å². The fourth-order valence-electron chi connectivity index (χ4n) is 5.30. The second-order valence-electron chi connectivity index (χ2n) is 8.00. The van der Waals surface area contributed by atoms with E-state index in [0.717, 1.165) is 47.9 Å². The van der Waals surface area contributed by atoms with E-state index < -0.39 is 5.60 Å². The first-order chi connectivity index (χ1) is 13.0. The Morgan fingerprint density at radius 2 is 1.37 bits per heavy atom. The number of benzene rings is 3. The number of phenols is 2. The smallest absolute Gasteiger partial charge is 0.121 e. The van der Waals surface area contributed by atoms with Crippen LogP contribution in [0.3, 0.4) is 0 Å². The zero-order chi connectivity index (χ0) is 18.6. The molecule has 0 fully saturated rings. The summed E-state index contributed by atoms with van der Waals surface area (Å²) in [6, 6.07) is 20.7. The fraction of sp³-hybridized carbons (Fsp3) is 0.250. The summed E-state index contributed by atoms with van der Waals surface area (Å²) in [5, 5.41) is 32.2. The molecule has 2 atom stereocenters. The van der Waals surface area contributed by atoms with Gasteiger partial charge >= 0.3 is 0 Å². The van der Waals surface area contributed by atoms with Crippen LogP contribution in [0.25, 0.3) is 0 Å². The molecule has 0 amide bonds. The number of aromatic hydroxyl groups is 2. The molecule has 0 aliphatic heterocycles. The first-order valence-corrected chi connectivity index (χ1v) is 9.43. The van der Waals surface area contributed by atoms with Crippen molar-refractivity contribution in [1.29, 1.82) is 0 Å². The maximum atomic E-state index is 12.3. The van der Waals surface area contributed by atoms with Crippen LogP contribution in [0.5, 0.6) is 11.5 Å². The molecule has 0 unspecified atom stereocenters. The molecule has 3 aromatic rings. The summed E-state index contributed by atoms with van der Waals surface area (Å²) >= 11 is 0. The minimum absolute atomic E-state index is 0.236. The van der Waals surface area contributed by atoms with Crippen molar-refractivity contribution in [3.8, 4) is 11.5 Å². The summed E-state index contributed by atoms with van der Waals surface area (Å²) in [6.45, 7) is 0. The van der Waals surface area contributed by atoms with Crippen molar-refractivity contribution >= 4 is 0 Å². The van der Waals surface area contributed by atoms with Gasteiger partial charge in [-0.3, -0.25) is 0 Å². The molecule has 2 aliphatic rings. The van der Waals surface area contributed by atoms with Crippen LogP contribution in [0.15, 0.2) is 66.7 Å². The van der Waals surface area contributed by atoms with Crippen LogP contribution in [-0.2, 0) is 24.9 Å². The molecule has 0 saturated carbocycles. The van der Waals surface area contributed by atoms with Gasteiger partial charge in [0, 0.05) is 5.41 Å². The molecule has 136 valence electrons. The molecule has 0 saturated heterocycles. The molecule has 27 heavy (non-hydrogen) atoms. The number of hydrogen-bond acceptors (Lipinski definition) is 3. The number of phenolic OH excluding ortho intramolecular Hbond substituents is 2. The molecule has 0 bridgehead atoms. The van der Waals surface area contributed by atoms with Gasteiger partial charge in [-0.1, -0.05) is 42.5 Å². The summed E-state index contributed by atoms with van der Waals surface area (Å²) < 4.78 is 0. The third-order valence-electron chi connectivity index (χ3n) is 6.56. The lowest BCUT2D eigenvalue weighted by Crippen LogP contribution is -2.51. The highest BCUT2D eigenvalue weighted by atomic mass is 16.3. The molecule has 2 aliphatic carbocycles. The van der Waals surface area contributed by atoms with Crippen LogP contribution >= 0.6 is 0 Å². The van der Waals surface area contributed by atoms with E-state index in [0.29, 0.717) is 0 Å².